The highest BCUT2D eigenvalue weighted by atomic mass is 19.4. The molecule has 3 heterocycles. The molecule has 1 saturated carbocycles. The first kappa shape index (κ1) is 20.2. The summed E-state index contributed by atoms with van der Waals surface area (Å²) in [4.78, 5) is 35.3. The van der Waals surface area contributed by atoms with Gasteiger partial charge in [0.25, 0.3) is 5.91 Å². The highest BCUT2D eigenvalue weighted by molar-refractivity contribution is 6.12. The molecule has 1 saturated heterocycles. The normalized spacial score (nSPS) is 21.2. The molecule has 5 rings (SSSR count). The molecule has 0 radical (unpaired) electrons. The van der Waals surface area contributed by atoms with E-state index >= 15 is 0 Å². The fraction of sp³-hybridized carbons (Fsp3) is 0.273. The number of para-hydroxylation sites is 1. The number of aromatic nitrogens is 2. The lowest BCUT2D eigenvalue weighted by atomic mass is 9.88. The van der Waals surface area contributed by atoms with Gasteiger partial charge < -0.3 is 4.74 Å². The molecule has 0 atom stereocenters. The van der Waals surface area contributed by atoms with Crippen molar-refractivity contribution in [2.75, 3.05) is 11.4 Å². The number of benzene rings is 1. The maximum atomic E-state index is 13.0. The smallest absolute Gasteiger partial charge is 0.417 e. The van der Waals surface area contributed by atoms with Crippen molar-refractivity contribution in [1.82, 2.24) is 14.9 Å². The number of halogens is 3. The zero-order chi connectivity index (χ0) is 22.5. The Bertz CT molecular complexity index is 1200. The Hall–Kier alpha value is -3.69. The third kappa shape index (κ3) is 3.51. The topological polar surface area (TPSA) is 75.6 Å². The fourth-order valence-electron chi connectivity index (χ4n) is 4.00. The average molecular weight is 442 g/mol. The van der Waals surface area contributed by atoms with Gasteiger partial charge in [0.15, 0.2) is 0 Å². The molecule has 3 aromatic rings. The van der Waals surface area contributed by atoms with Crippen LogP contribution in [0.15, 0.2) is 55.0 Å². The van der Waals surface area contributed by atoms with E-state index in [1.165, 1.54) is 0 Å². The van der Waals surface area contributed by atoms with Crippen LogP contribution < -0.4 is 9.64 Å². The standard InChI is InChI=1S/C22H17F3N4O3/c23-22(24,25)13-7-15(11-26-10-13)28-12-20(30)29(21(28)31)14-8-16(9-14)32-19-5-6-27-18-4-2-1-3-17(18)19/h1-7,10-11,14,16H,8-9,12H2/t14-,16-. The van der Waals surface area contributed by atoms with E-state index in [9.17, 15) is 22.8 Å². The number of carbonyl (C=O) groups excluding carboxylic acids is 2. The Morgan fingerprint density at radius 1 is 1.06 bits per heavy atom. The first-order chi connectivity index (χ1) is 15.3. The van der Waals surface area contributed by atoms with Gasteiger partial charge in [-0.1, -0.05) is 12.1 Å². The number of pyridine rings is 2. The lowest BCUT2D eigenvalue weighted by molar-refractivity contribution is -0.137. The number of rotatable bonds is 4. The molecule has 3 amide bonds. The van der Waals surface area contributed by atoms with E-state index in [4.69, 9.17) is 4.74 Å². The number of urea groups is 1. The molecule has 2 fully saturated rings. The van der Waals surface area contributed by atoms with Gasteiger partial charge in [0.2, 0.25) is 0 Å². The summed E-state index contributed by atoms with van der Waals surface area (Å²) >= 11 is 0. The molecule has 1 aliphatic heterocycles. The number of amides is 3. The Balaban J connectivity index is 1.27. The Morgan fingerprint density at radius 3 is 2.62 bits per heavy atom. The minimum Gasteiger partial charge on any atom is -0.490 e. The van der Waals surface area contributed by atoms with Crippen molar-refractivity contribution in [1.29, 1.82) is 0 Å². The summed E-state index contributed by atoms with van der Waals surface area (Å²) in [5, 5.41) is 0.870. The Kier molecular flexibility index (Phi) is 4.72. The molecular formula is C22H17F3N4O3. The average Bonchev–Trinajstić information content (AvgIpc) is 3.04. The van der Waals surface area contributed by atoms with Gasteiger partial charge in [-0.15, -0.1) is 0 Å². The van der Waals surface area contributed by atoms with Crippen LogP contribution in [0.3, 0.4) is 0 Å². The van der Waals surface area contributed by atoms with Crippen LogP contribution in [0.25, 0.3) is 10.9 Å². The number of anilines is 1. The Labute approximate surface area is 180 Å². The maximum absolute atomic E-state index is 13.0. The van der Waals surface area contributed by atoms with Crippen molar-refractivity contribution in [2.24, 2.45) is 0 Å². The van der Waals surface area contributed by atoms with E-state index in [2.05, 4.69) is 9.97 Å². The van der Waals surface area contributed by atoms with Crippen LogP contribution in [-0.4, -0.2) is 45.5 Å². The van der Waals surface area contributed by atoms with Crippen LogP contribution in [0, 0.1) is 0 Å². The second-order valence-corrected chi connectivity index (χ2v) is 7.75. The summed E-state index contributed by atoms with van der Waals surface area (Å²) in [5.41, 5.74) is -0.234. The van der Waals surface area contributed by atoms with Gasteiger partial charge in [-0.05, 0) is 24.3 Å². The number of carbonyl (C=O) groups is 2. The molecule has 0 unspecified atom stereocenters. The molecule has 164 valence electrons. The van der Waals surface area contributed by atoms with Crippen molar-refractivity contribution in [3.8, 4) is 5.75 Å². The largest absolute Gasteiger partial charge is 0.490 e. The minimum atomic E-state index is -4.59. The second kappa shape index (κ2) is 7.47. The lowest BCUT2D eigenvalue weighted by Crippen LogP contribution is -2.52. The molecule has 10 heteroatoms. The highest BCUT2D eigenvalue weighted by Gasteiger charge is 2.47. The van der Waals surface area contributed by atoms with E-state index < -0.39 is 23.7 Å². The van der Waals surface area contributed by atoms with Crippen LogP contribution in [0.5, 0.6) is 5.75 Å². The summed E-state index contributed by atoms with van der Waals surface area (Å²) in [5.74, 6) is 0.222. The summed E-state index contributed by atoms with van der Waals surface area (Å²) < 4.78 is 45.0. The van der Waals surface area contributed by atoms with E-state index in [0.717, 1.165) is 33.0 Å². The maximum Gasteiger partial charge on any atom is 0.417 e. The molecule has 1 aliphatic carbocycles. The highest BCUT2D eigenvalue weighted by Crippen LogP contribution is 2.36. The van der Waals surface area contributed by atoms with Crippen LogP contribution >= 0.6 is 0 Å². The number of nitrogens with zero attached hydrogens (tertiary/aromatic N) is 4. The first-order valence-electron chi connectivity index (χ1n) is 9.97. The second-order valence-electron chi connectivity index (χ2n) is 7.75. The van der Waals surface area contributed by atoms with Crippen molar-refractivity contribution >= 4 is 28.5 Å². The summed E-state index contributed by atoms with van der Waals surface area (Å²) in [6, 6.07) is 9.14. The van der Waals surface area contributed by atoms with E-state index in [1.807, 2.05) is 24.3 Å². The molecule has 7 nitrogen and oxygen atoms in total. The van der Waals surface area contributed by atoms with Crippen molar-refractivity contribution < 1.29 is 27.5 Å². The number of alkyl halides is 3. The van der Waals surface area contributed by atoms with Crippen LogP contribution in [0.2, 0.25) is 0 Å². The van der Waals surface area contributed by atoms with E-state index in [1.54, 1.807) is 12.3 Å². The third-order valence-electron chi connectivity index (χ3n) is 5.70. The third-order valence-corrected chi connectivity index (χ3v) is 5.70. The molecule has 0 bridgehead atoms. The molecule has 32 heavy (non-hydrogen) atoms. The first-order valence-corrected chi connectivity index (χ1v) is 9.97. The predicted molar refractivity (Wildman–Crippen MR) is 108 cm³/mol. The van der Waals surface area contributed by atoms with Gasteiger partial charge in [-0.2, -0.15) is 13.2 Å². The summed E-state index contributed by atoms with van der Waals surface area (Å²) in [7, 11) is 0. The predicted octanol–water partition coefficient (Wildman–Crippen LogP) is 4.03. The molecule has 2 aliphatic rings. The van der Waals surface area contributed by atoms with Gasteiger partial charge >= 0.3 is 12.2 Å². The van der Waals surface area contributed by atoms with E-state index in [-0.39, 0.29) is 24.4 Å². The molecule has 0 N–H and O–H groups in total. The number of fused-ring (bicyclic) bond motifs is 1. The van der Waals surface area contributed by atoms with Crippen molar-refractivity contribution in [3.63, 3.8) is 0 Å². The van der Waals surface area contributed by atoms with Gasteiger partial charge in [0, 0.05) is 36.7 Å². The monoisotopic (exact) mass is 442 g/mol. The minimum absolute atomic E-state index is 0.0592. The number of imide groups is 1. The lowest BCUT2D eigenvalue weighted by Gasteiger charge is -2.39. The zero-order valence-electron chi connectivity index (χ0n) is 16.6. The SMILES string of the molecule is O=C1CN(c2cncc(C(F)(F)F)c2)C(=O)N1[C@H]1C[C@H](Oc2ccnc3ccccc23)C1. The van der Waals surface area contributed by atoms with Gasteiger partial charge in [-0.25, -0.2) is 4.79 Å². The Morgan fingerprint density at radius 2 is 1.84 bits per heavy atom. The van der Waals surface area contributed by atoms with Crippen LogP contribution in [0.4, 0.5) is 23.7 Å². The van der Waals surface area contributed by atoms with Gasteiger partial charge in [0.05, 0.1) is 23.0 Å². The van der Waals surface area contributed by atoms with Crippen molar-refractivity contribution in [3.05, 3.63) is 60.6 Å². The van der Waals surface area contributed by atoms with Crippen LogP contribution in [0.1, 0.15) is 18.4 Å². The van der Waals surface area contributed by atoms with Crippen LogP contribution in [-0.2, 0) is 11.0 Å². The number of hydrogen-bond acceptors (Lipinski definition) is 5. The molecular weight excluding hydrogens is 425 g/mol. The molecule has 1 aromatic carbocycles. The summed E-state index contributed by atoms with van der Waals surface area (Å²) in [6.07, 6.45) is -0.402. The van der Waals surface area contributed by atoms with E-state index in [0.29, 0.717) is 24.8 Å². The molecule has 2 aromatic heterocycles. The summed E-state index contributed by atoms with van der Waals surface area (Å²) in [6.45, 7) is -0.321. The quantitative estimate of drug-likeness (QED) is 0.571. The number of ether oxygens (including phenoxy) is 1. The van der Waals surface area contributed by atoms with Crippen molar-refractivity contribution in [2.45, 2.75) is 31.2 Å². The fourth-order valence-corrected chi connectivity index (χ4v) is 4.00. The molecule has 0 spiro atoms. The van der Waals surface area contributed by atoms with Gasteiger partial charge in [0.1, 0.15) is 18.4 Å². The zero-order valence-corrected chi connectivity index (χ0v) is 16.6. The van der Waals surface area contributed by atoms with Gasteiger partial charge in [-0.3, -0.25) is 24.6 Å². The number of hydrogen-bond donors (Lipinski definition) is 0.